The number of nitrogens with zero attached hydrogens (tertiary/aromatic N) is 2. The Balaban J connectivity index is 2.28. The second-order valence-corrected chi connectivity index (χ2v) is 7.12. The fraction of sp³-hybridized carbons (Fsp3) is 0.438. The van der Waals surface area contributed by atoms with Crippen LogP contribution >= 0.6 is 0 Å². The Labute approximate surface area is 137 Å². The third kappa shape index (κ3) is 3.73. The quantitative estimate of drug-likeness (QED) is 0.879. The van der Waals surface area contributed by atoms with E-state index in [1.807, 2.05) is 38.1 Å². The van der Waals surface area contributed by atoms with Crippen LogP contribution in [0.3, 0.4) is 0 Å². The number of ether oxygens (including phenoxy) is 1. The van der Waals surface area contributed by atoms with Gasteiger partial charge < -0.3 is 4.74 Å². The number of sulfonamides is 1. The predicted molar refractivity (Wildman–Crippen MR) is 89.0 cm³/mol. The average Bonchev–Trinajstić information content (AvgIpc) is 2.72. The van der Waals surface area contributed by atoms with Gasteiger partial charge in [0.2, 0.25) is 10.0 Å². The van der Waals surface area contributed by atoms with Crippen molar-refractivity contribution in [2.45, 2.75) is 38.6 Å². The Morgan fingerprint density at radius 3 is 2.61 bits per heavy atom. The van der Waals surface area contributed by atoms with Crippen LogP contribution in [0.1, 0.15) is 36.8 Å². The average molecular weight is 337 g/mol. The maximum atomic E-state index is 12.7. The summed E-state index contributed by atoms with van der Waals surface area (Å²) in [6.07, 6.45) is 0. The second-order valence-electron chi connectivity index (χ2n) is 5.47. The Bertz CT molecular complexity index is 797. The first-order valence-corrected chi connectivity index (χ1v) is 9.00. The van der Waals surface area contributed by atoms with Gasteiger partial charge in [0.1, 0.15) is 10.6 Å². The summed E-state index contributed by atoms with van der Waals surface area (Å²) in [7, 11) is -1.91. The zero-order valence-electron chi connectivity index (χ0n) is 14.1. The molecule has 1 aromatic heterocycles. The van der Waals surface area contributed by atoms with Crippen molar-refractivity contribution in [3.05, 3.63) is 41.2 Å². The van der Waals surface area contributed by atoms with Crippen molar-refractivity contribution >= 4 is 10.0 Å². The van der Waals surface area contributed by atoms with Crippen LogP contribution in [0, 0.1) is 13.8 Å². The van der Waals surface area contributed by atoms with Gasteiger partial charge in [-0.2, -0.15) is 5.10 Å². The van der Waals surface area contributed by atoms with E-state index in [0.29, 0.717) is 18.0 Å². The van der Waals surface area contributed by atoms with Gasteiger partial charge in [-0.15, -0.1) is 0 Å². The van der Waals surface area contributed by atoms with Crippen molar-refractivity contribution in [1.82, 2.24) is 14.5 Å². The molecule has 126 valence electrons. The fourth-order valence-corrected chi connectivity index (χ4v) is 4.21. The molecule has 6 nitrogen and oxygen atoms in total. The second kappa shape index (κ2) is 6.72. The van der Waals surface area contributed by atoms with Crippen LogP contribution in [-0.4, -0.2) is 24.8 Å². The zero-order valence-corrected chi connectivity index (χ0v) is 14.9. The van der Waals surface area contributed by atoms with Gasteiger partial charge in [-0.05, 0) is 45.4 Å². The Kier molecular flexibility index (Phi) is 5.11. The fourth-order valence-electron chi connectivity index (χ4n) is 2.54. The van der Waals surface area contributed by atoms with Crippen LogP contribution in [0.4, 0.5) is 0 Å². The van der Waals surface area contributed by atoms with Crippen LogP contribution in [0.15, 0.2) is 29.2 Å². The van der Waals surface area contributed by atoms with Crippen LogP contribution in [0.5, 0.6) is 5.75 Å². The highest BCUT2D eigenvalue weighted by atomic mass is 32.2. The van der Waals surface area contributed by atoms with Gasteiger partial charge in [-0.25, -0.2) is 13.1 Å². The minimum Gasteiger partial charge on any atom is -0.494 e. The lowest BCUT2D eigenvalue weighted by Crippen LogP contribution is -2.27. The Morgan fingerprint density at radius 2 is 2.04 bits per heavy atom. The summed E-state index contributed by atoms with van der Waals surface area (Å²) in [5.41, 5.74) is 1.96. The molecule has 0 bridgehead atoms. The minimum absolute atomic E-state index is 0.243. The highest BCUT2D eigenvalue weighted by Gasteiger charge is 2.25. The van der Waals surface area contributed by atoms with Gasteiger partial charge in [0, 0.05) is 13.1 Å². The molecule has 7 heteroatoms. The molecule has 0 fully saturated rings. The van der Waals surface area contributed by atoms with E-state index in [2.05, 4.69) is 9.82 Å². The molecular weight excluding hydrogens is 314 g/mol. The summed E-state index contributed by atoms with van der Waals surface area (Å²) in [6.45, 7) is 7.73. The number of nitrogens with one attached hydrogen (secondary N) is 1. The lowest BCUT2D eigenvalue weighted by atomic mass is 10.1. The Morgan fingerprint density at radius 1 is 1.35 bits per heavy atom. The SMILES string of the molecule is CCOc1cccc([C@@H](C)NS(=O)(=O)c2c(C)nn(C)c2C)c1. The molecule has 0 saturated carbocycles. The molecule has 1 aromatic carbocycles. The molecule has 0 aliphatic heterocycles. The maximum absolute atomic E-state index is 12.7. The van der Waals surface area contributed by atoms with Crippen molar-refractivity contribution in [3.8, 4) is 5.75 Å². The molecule has 0 unspecified atom stereocenters. The van der Waals surface area contributed by atoms with E-state index in [9.17, 15) is 8.42 Å². The molecule has 0 radical (unpaired) electrons. The lowest BCUT2D eigenvalue weighted by Gasteiger charge is -2.16. The first-order chi connectivity index (χ1) is 10.8. The summed E-state index contributed by atoms with van der Waals surface area (Å²) < 4.78 is 35.1. The third-order valence-electron chi connectivity index (χ3n) is 3.71. The highest BCUT2D eigenvalue weighted by molar-refractivity contribution is 7.89. The molecule has 1 heterocycles. The van der Waals surface area contributed by atoms with Crippen LogP contribution < -0.4 is 9.46 Å². The minimum atomic E-state index is -3.65. The Hall–Kier alpha value is -1.86. The van der Waals surface area contributed by atoms with E-state index >= 15 is 0 Å². The maximum Gasteiger partial charge on any atom is 0.244 e. The molecule has 0 aliphatic carbocycles. The van der Waals surface area contributed by atoms with Crippen LogP contribution in [0.25, 0.3) is 0 Å². The molecular formula is C16H23N3O3S. The van der Waals surface area contributed by atoms with E-state index in [1.54, 1.807) is 25.6 Å². The summed E-state index contributed by atoms with van der Waals surface area (Å²) >= 11 is 0. The number of aromatic nitrogens is 2. The van der Waals surface area contributed by atoms with Crippen LogP contribution in [0.2, 0.25) is 0 Å². The first kappa shape index (κ1) is 17.5. The molecule has 0 spiro atoms. The molecule has 0 saturated heterocycles. The molecule has 1 atom stereocenters. The van der Waals surface area contributed by atoms with Crippen molar-refractivity contribution in [2.75, 3.05) is 6.61 Å². The first-order valence-electron chi connectivity index (χ1n) is 7.51. The molecule has 1 N–H and O–H groups in total. The third-order valence-corrected chi connectivity index (χ3v) is 5.50. The van der Waals surface area contributed by atoms with E-state index in [-0.39, 0.29) is 10.9 Å². The number of hydrogen-bond donors (Lipinski definition) is 1. The van der Waals surface area contributed by atoms with Crippen molar-refractivity contribution < 1.29 is 13.2 Å². The smallest absolute Gasteiger partial charge is 0.244 e. The largest absolute Gasteiger partial charge is 0.494 e. The molecule has 0 amide bonds. The number of rotatable bonds is 6. The number of benzene rings is 1. The monoisotopic (exact) mass is 337 g/mol. The van der Waals surface area contributed by atoms with Gasteiger partial charge in [-0.3, -0.25) is 4.68 Å². The van der Waals surface area contributed by atoms with E-state index in [4.69, 9.17) is 4.74 Å². The van der Waals surface area contributed by atoms with E-state index in [0.717, 1.165) is 11.3 Å². The zero-order chi connectivity index (χ0) is 17.2. The molecule has 2 rings (SSSR count). The normalized spacial score (nSPS) is 13.1. The van der Waals surface area contributed by atoms with Gasteiger partial charge in [0.25, 0.3) is 0 Å². The highest BCUT2D eigenvalue weighted by Crippen LogP contribution is 2.23. The van der Waals surface area contributed by atoms with Gasteiger partial charge >= 0.3 is 0 Å². The summed E-state index contributed by atoms with van der Waals surface area (Å²) in [4.78, 5) is 0.243. The van der Waals surface area contributed by atoms with Crippen molar-refractivity contribution in [1.29, 1.82) is 0 Å². The van der Waals surface area contributed by atoms with Crippen molar-refractivity contribution in [2.24, 2.45) is 7.05 Å². The summed E-state index contributed by atoms with van der Waals surface area (Å²) in [6, 6.07) is 7.05. The lowest BCUT2D eigenvalue weighted by molar-refractivity contribution is 0.339. The predicted octanol–water partition coefficient (Wildman–Crippen LogP) is 2.48. The topological polar surface area (TPSA) is 73.2 Å². The van der Waals surface area contributed by atoms with E-state index in [1.165, 1.54) is 0 Å². The standard InChI is InChI=1S/C16H23N3O3S/c1-6-22-15-9-7-8-14(10-15)11(2)18-23(20,21)16-12(3)17-19(5)13(16)4/h7-11,18H,6H2,1-5H3/t11-/m1/s1. The van der Waals surface area contributed by atoms with Crippen LogP contribution in [-0.2, 0) is 17.1 Å². The van der Waals surface area contributed by atoms with Gasteiger partial charge in [0.15, 0.2) is 0 Å². The van der Waals surface area contributed by atoms with E-state index < -0.39 is 10.0 Å². The van der Waals surface area contributed by atoms with Gasteiger partial charge in [0.05, 0.1) is 18.0 Å². The summed E-state index contributed by atoms with van der Waals surface area (Å²) in [5.74, 6) is 0.727. The molecule has 23 heavy (non-hydrogen) atoms. The van der Waals surface area contributed by atoms with Crippen molar-refractivity contribution in [3.63, 3.8) is 0 Å². The molecule has 2 aromatic rings. The van der Waals surface area contributed by atoms with Gasteiger partial charge in [-0.1, -0.05) is 12.1 Å². The molecule has 0 aliphatic rings. The number of aryl methyl sites for hydroxylation is 2. The summed E-state index contributed by atoms with van der Waals surface area (Å²) in [5, 5.41) is 4.17. The number of hydrogen-bond acceptors (Lipinski definition) is 4.